The second kappa shape index (κ2) is 7.25. The van der Waals surface area contributed by atoms with Crippen LogP contribution in [-0.4, -0.2) is 30.9 Å². The maximum absolute atomic E-state index is 11.1. The molecule has 7 nitrogen and oxygen atoms in total. The van der Waals surface area contributed by atoms with Gasteiger partial charge in [-0.1, -0.05) is 12.1 Å². The number of rotatable bonds is 5. The average molecular weight is 254 g/mol. The molecule has 0 saturated heterocycles. The van der Waals surface area contributed by atoms with E-state index in [0.717, 1.165) is 5.56 Å². The van der Waals surface area contributed by atoms with Crippen LogP contribution in [0.2, 0.25) is 0 Å². The molecule has 0 atom stereocenters. The Kier molecular flexibility index (Phi) is 5.62. The van der Waals surface area contributed by atoms with Crippen LogP contribution in [0.1, 0.15) is 5.56 Å². The molecule has 2 amide bonds. The normalized spacial score (nSPS) is 9.67. The maximum atomic E-state index is 11.1. The number of likely N-dealkylation sites (N-methyl/N-ethyl adjacent to an activating group) is 1. The van der Waals surface area contributed by atoms with Gasteiger partial charge in [0.2, 0.25) is 0 Å². The van der Waals surface area contributed by atoms with Gasteiger partial charge >= 0.3 is 11.8 Å². The highest BCUT2D eigenvalue weighted by atomic mass is 17.1. The van der Waals surface area contributed by atoms with Crippen molar-refractivity contribution in [3.63, 3.8) is 0 Å². The van der Waals surface area contributed by atoms with Gasteiger partial charge in [0.15, 0.2) is 6.73 Å². The van der Waals surface area contributed by atoms with E-state index in [9.17, 15) is 9.59 Å². The van der Waals surface area contributed by atoms with Crippen molar-refractivity contribution in [2.75, 3.05) is 13.8 Å². The second-order valence-corrected chi connectivity index (χ2v) is 3.29. The van der Waals surface area contributed by atoms with Crippen molar-refractivity contribution >= 4 is 11.8 Å². The van der Waals surface area contributed by atoms with Crippen LogP contribution in [0, 0.1) is 0 Å². The minimum absolute atomic E-state index is 0.0910. The number of hydrogen-bond acceptors (Lipinski definition) is 5. The molecule has 0 aliphatic heterocycles. The topological polar surface area (TPSA) is 96.9 Å². The summed E-state index contributed by atoms with van der Waals surface area (Å²) < 4.78 is 5.19. The lowest BCUT2D eigenvalue weighted by molar-refractivity contribution is -0.253. The smallest absolute Gasteiger partial charge is 0.311 e. The zero-order valence-corrected chi connectivity index (χ0v) is 9.80. The summed E-state index contributed by atoms with van der Waals surface area (Å²) in [4.78, 5) is 25.9. The first-order valence-electron chi connectivity index (χ1n) is 5.15. The SMILES string of the molecule is CNC(=O)C(=O)NCOc1ccc(COO)cc1. The molecule has 98 valence electrons. The van der Waals surface area contributed by atoms with Gasteiger partial charge in [-0.05, 0) is 17.7 Å². The van der Waals surface area contributed by atoms with E-state index in [2.05, 4.69) is 15.5 Å². The van der Waals surface area contributed by atoms with E-state index in [1.165, 1.54) is 7.05 Å². The molecule has 18 heavy (non-hydrogen) atoms. The van der Waals surface area contributed by atoms with Crippen LogP contribution in [0.3, 0.4) is 0 Å². The Morgan fingerprint density at radius 2 is 1.89 bits per heavy atom. The second-order valence-electron chi connectivity index (χ2n) is 3.29. The van der Waals surface area contributed by atoms with E-state index in [0.29, 0.717) is 5.75 Å². The van der Waals surface area contributed by atoms with Gasteiger partial charge in [0.05, 0.1) is 0 Å². The molecule has 0 aromatic heterocycles. The standard InChI is InChI=1S/C11H14N2O5/c1-12-10(14)11(15)13-7-17-9-4-2-8(3-5-9)6-18-16/h2-5,16H,6-7H2,1H3,(H,12,14)(H,13,15). The summed E-state index contributed by atoms with van der Waals surface area (Å²) in [6, 6.07) is 6.71. The maximum Gasteiger partial charge on any atom is 0.311 e. The number of amides is 2. The van der Waals surface area contributed by atoms with E-state index >= 15 is 0 Å². The summed E-state index contributed by atoms with van der Waals surface area (Å²) in [6.07, 6.45) is 0. The third kappa shape index (κ3) is 4.40. The van der Waals surface area contributed by atoms with Crippen molar-refractivity contribution in [1.29, 1.82) is 0 Å². The lowest BCUT2D eigenvalue weighted by Crippen LogP contribution is -2.39. The van der Waals surface area contributed by atoms with Gasteiger partial charge in [-0.15, -0.1) is 0 Å². The summed E-state index contributed by atoms with van der Waals surface area (Å²) in [7, 11) is 1.37. The van der Waals surface area contributed by atoms with Crippen LogP contribution in [-0.2, 0) is 21.1 Å². The molecule has 3 N–H and O–H groups in total. The first kappa shape index (κ1) is 13.9. The lowest BCUT2D eigenvalue weighted by atomic mass is 10.2. The van der Waals surface area contributed by atoms with Gasteiger partial charge in [0.25, 0.3) is 0 Å². The van der Waals surface area contributed by atoms with Crippen LogP contribution in [0.25, 0.3) is 0 Å². The Labute approximate surface area is 104 Å². The number of benzene rings is 1. The molecule has 0 fully saturated rings. The molecule has 1 aromatic carbocycles. The van der Waals surface area contributed by atoms with Crippen molar-refractivity contribution in [3.8, 4) is 5.75 Å². The summed E-state index contributed by atoms with van der Waals surface area (Å²) in [5, 5.41) is 12.7. The third-order valence-electron chi connectivity index (χ3n) is 2.06. The van der Waals surface area contributed by atoms with Crippen molar-refractivity contribution in [2.24, 2.45) is 0 Å². The highest BCUT2D eigenvalue weighted by Gasteiger charge is 2.09. The molecule has 7 heteroatoms. The molecule has 0 spiro atoms. The predicted molar refractivity (Wildman–Crippen MR) is 61.6 cm³/mol. The predicted octanol–water partition coefficient (Wildman–Crippen LogP) is -0.125. The zero-order chi connectivity index (χ0) is 13.4. The van der Waals surface area contributed by atoms with E-state index in [4.69, 9.17) is 9.99 Å². The first-order valence-corrected chi connectivity index (χ1v) is 5.15. The van der Waals surface area contributed by atoms with Gasteiger partial charge < -0.3 is 15.4 Å². The summed E-state index contributed by atoms with van der Waals surface area (Å²) in [5.41, 5.74) is 0.777. The molecule has 0 unspecified atom stereocenters. The number of hydrogen-bond donors (Lipinski definition) is 3. The quantitative estimate of drug-likeness (QED) is 0.294. The Morgan fingerprint density at radius 1 is 1.22 bits per heavy atom. The van der Waals surface area contributed by atoms with Crippen LogP contribution in [0.15, 0.2) is 24.3 Å². The van der Waals surface area contributed by atoms with Crippen molar-refractivity contribution in [2.45, 2.75) is 6.61 Å². The number of nitrogens with one attached hydrogen (secondary N) is 2. The van der Waals surface area contributed by atoms with E-state index in [-0.39, 0.29) is 13.3 Å². The summed E-state index contributed by atoms with van der Waals surface area (Å²) in [6.45, 7) is -0.0181. The minimum atomic E-state index is -0.761. The van der Waals surface area contributed by atoms with E-state index < -0.39 is 11.8 Å². The fraction of sp³-hybridized carbons (Fsp3) is 0.273. The van der Waals surface area contributed by atoms with Crippen LogP contribution in [0.5, 0.6) is 5.75 Å². The molecule has 0 radical (unpaired) electrons. The zero-order valence-electron chi connectivity index (χ0n) is 9.80. The van der Waals surface area contributed by atoms with E-state index in [1.807, 2.05) is 0 Å². The largest absolute Gasteiger partial charge is 0.473 e. The number of carbonyl (C=O) groups is 2. The highest BCUT2D eigenvalue weighted by molar-refractivity contribution is 6.34. The fourth-order valence-electron chi connectivity index (χ4n) is 1.14. The molecule has 0 bridgehead atoms. The van der Waals surface area contributed by atoms with Gasteiger partial charge in [-0.25, -0.2) is 4.89 Å². The van der Waals surface area contributed by atoms with Crippen LogP contribution >= 0.6 is 0 Å². The molecule has 0 saturated carbocycles. The van der Waals surface area contributed by atoms with Gasteiger partial charge in [0.1, 0.15) is 12.4 Å². The highest BCUT2D eigenvalue weighted by Crippen LogP contribution is 2.12. The Morgan fingerprint density at radius 3 is 2.44 bits per heavy atom. The fourth-order valence-corrected chi connectivity index (χ4v) is 1.14. The molecule has 0 heterocycles. The van der Waals surface area contributed by atoms with Crippen molar-refractivity contribution < 1.29 is 24.5 Å². The average Bonchev–Trinajstić information content (AvgIpc) is 2.40. The Balaban J connectivity index is 2.35. The Hall–Kier alpha value is -2.12. The molecular weight excluding hydrogens is 240 g/mol. The van der Waals surface area contributed by atoms with Crippen molar-refractivity contribution in [3.05, 3.63) is 29.8 Å². The van der Waals surface area contributed by atoms with Gasteiger partial charge in [0, 0.05) is 7.05 Å². The molecule has 0 aliphatic rings. The van der Waals surface area contributed by atoms with Gasteiger partial charge in [-0.2, -0.15) is 0 Å². The van der Waals surface area contributed by atoms with Crippen LogP contribution in [0.4, 0.5) is 0 Å². The number of carbonyl (C=O) groups excluding carboxylic acids is 2. The minimum Gasteiger partial charge on any atom is -0.473 e. The lowest BCUT2D eigenvalue weighted by Gasteiger charge is -2.07. The van der Waals surface area contributed by atoms with Crippen LogP contribution < -0.4 is 15.4 Å². The third-order valence-corrected chi connectivity index (χ3v) is 2.06. The summed E-state index contributed by atoms with van der Waals surface area (Å²) >= 11 is 0. The Bertz CT molecular complexity index is 404. The van der Waals surface area contributed by atoms with Gasteiger partial charge in [-0.3, -0.25) is 14.8 Å². The molecule has 1 rings (SSSR count). The molecule has 0 aliphatic carbocycles. The van der Waals surface area contributed by atoms with E-state index in [1.54, 1.807) is 24.3 Å². The first-order chi connectivity index (χ1) is 8.67. The molecular formula is C11H14N2O5. The number of ether oxygens (including phenoxy) is 1. The monoisotopic (exact) mass is 254 g/mol. The van der Waals surface area contributed by atoms with Crippen molar-refractivity contribution in [1.82, 2.24) is 10.6 Å². The summed E-state index contributed by atoms with van der Waals surface area (Å²) in [5.74, 6) is -0.967. The molecule has 1 aromatic rings.